The van der Waals surface area contributed by atoms with Crippen LogP contribution in [0.4, 0.5) is 0 Å². The number of hydrogen-bond donors (Lipinski definition) is 2. The lowest BCUT2D eigenvalue weighted by Gasteiger charge is -2.30. The molecule has 1 aliphatic rings. The number of nitrogens with one attached hydrogen (secondary N) is 2. The first-order valence-corrected chi connectivity index (χ1v) is 8.46. The van der Waals surface area contributed by atoms with Crippen molar-refractivity contribution in [1.82, 2.24) is 10.6 Å². The van der Waals surface area contributed by atoms with Crippen LogP contribution in [-0.2, 0) is 11.2 Å². The molecule has 0 aromatic carbocycles. The van der Waals surface area contributed by atoms with Crippen LogP contribution < -0.4 is 10.6 Å². The molecule has 1 aromatic heterocycles. The summed E-state index contributed by atoms with van der Waals surface area (Å²) in [6.07, 6.45) is 4.85. The third-order valence-corrected chi connectivity index (χ3v) is 5.11. The van der Waals surface area contributed by atoms with E-state index < -0.39 is 0 Å². The summed E-state index contributed by atoms with van der Waals surface area (Å²) in [5, 5.41) is 6.59. The normalized spacial score (nSPS) is 22.8. The molecule has 2 heterocycles. The van der Waals surface area contributed by atoms with E-state index in [0.717, 1.165) is 32.2 Å². The molecule has 2 N–H and O–H groups in total. The number of carbonyl (C=O) groups excluding carboxylic acids is 1. The lowest BCUT2D eigenvalue weighted by Crippen LogP contribution is -2.51. The molecule has 20 heavy (non-hydrogen) atoms. The highest BCUT2D eigenvalue weighted by Gasteiger charge is 2.21. The van der Waals surface area contributed by atoms with Crippen molar-refractivity contribution < 1.29 is 4.79 Å². The van der Waals surface area contributed by atoms with Gasteiger partial charge in [0.1, 0.15) is 0 Å². The van der Waals surface area contributed by atoms with Gasteiger partial charge in [-0.2, -0.15) is 0 Å². The minimum Gasteiger partial charge on any atom is -0.352 e. The van der Waals surface area contributed by atoms with Crippen LogP contribution in [0.5, 0.6) is 0 Å². The summed E-state index contributed by atoms with van der Waals surface area (Å²) < 4.78 is 0. The van der Waals surface area contributed by atoms with Gasteiger partial charge in [-0.25, -0.2) is 0 Å². The van der Waals surface area contributed by atoms with Crippen molar-refractivity contribution in [2.45, 2.75) is 65.0 Å². The predicted octanol–water partition coefficient (Wildman–Crippen LogP) is 2.94. The molecular weight excluding hydrogens is 268 g/mol. The highest BCUT2D eigenvalue weighted by Crippen LogP contribution is 2.22. The molecule has 112 valence electrons. The fraction of sp³-hybridized carbons (Fsp3) is 0.688. The number of rotatable bonds is 5. The minimum absolute atomic E-state index is 0.204. The molecule has 0 aliphatic carbocycles. The number of aryl methyl sites for hydroxylation is 3. The molecule has 4 heteroatoms. The van der Waals surface area contributed by atoms with Gasteiger partial charge in [-0.05, 0) is 64.6 Å². The zero-order valence-electron chi connectivity index (χ0n) is 12.8. The first kappa shape index (κ1) is 15.5. The molecule has 1 aromatic rings. The summed E-state index contributed by atoms with van der Waals surface area (Å²) in [7, 11) is 0. The Morgan fingerprint density at radius 2 is 2.30 bits per heavy atom. The Kier molecular flexibility index (Phi) is 5.61. The van der Waals surface area contributed by atoms with Gasteiger partial charge >= 0.3 is 0 Å². The Bertz CT molecular complexity index is 455. The molecule has 3 nitrogen and oxygen atoms in total. The van der Waals surface area contributed by atoms with E-state index in [1.54, 1.807) is 0 Å². The maximum atomic E-state index is 12.0. The molecule has 1 aliphatic heterocycles. The summed E-state index contributed by atoms with van der Waals surface area (Å²) in [6.45, 7) is 7.54. The second-order valence-corrected chi connectivity index (χ2v) is 7.31. The van der Waals surface area contributed by atoms with E-state index in [4.69, 9.17) is 0 Å². The predicted molar refractivity (Wildman–Crippen MR) is 85.4 cm³/mol. The fourth-order valence-electron chi connectivity index (χ4n) is 2.89. The van der Waals surface area contributed by atoms with E-state index in [0.29, 0.717) is 18.5 Å². The summed E-state index contributed by atoms with van der Waals surface area (Å²) in [5.41, 5.74) is 1.41. The monoisotopic (exact) mass is 294 g/mol. The average molecular weight is 294 g/mol. The van der Waals surface area contributed by atoms with E-state index in [1.807, 2.05) is 11.3 Å². The van der Waals surface area contributed by atoms with Crippen molar-refractivity contribution in [2.24, 2.45) is 0 Å². The third kappa shape index (κ3) is 4.32. The molecule has 1 fully saturated rings. The van der Waals surface area contributed by atoms with E-state index in [1.165, 1.54) is 15.3 Å². The van der Waals surface area contributed by atoms with E-state index >= 15 is 0 Å². The van der Waals surface area contributed by atoms with Crippen molar-refractivity contribution >= 4 is 17.2 Å². The Hall–Kier alpha value is -0.870. The number of thiophene rings is 1. The van der Waals surface area contributed by atoms with Gasteiger partial charge in [-0.1, -0.05) is 0 Å². The van der Waals surface area contributed by atoms with Crippen LogP contribution in [0.1, 0.15) is 47.9 Å². The molecule has 1 saturated heterocycles. The van der Waals surface area contributed by atoms with Gasteiger partial charge in [0.2, 0.25) is 5.91 Å². The second kappa shape index (κ2) is 7.23. The molecular formula is C16H26N2OS. The second-order valence-electron chi connectivity index (χ2n) is 5.85. The zero-order valence-corrected chi connectivity index (χ0v) is 13.6. The first-order chi connectivity index (χ1) is 9.56. The first-order valence-electron chi connectivity index (χ1n) is 7.65. The largest absolute Gasteiger partial charge is 0.352 e. The van der Waals surface area contributed by atoms with Crippen LogP contribution in [0.25, 0.3) is 0 Å². The van der Waals surface area contributed by atoms with Gasteiger partial charge in [-0.3, -0.25) is 4.79 Å². The van der Waals surface area contributed by atoms with Gasteiger partial charge in [0.05, 0.1) is 0 Å². The zero-order chi connectivity index (χ0) is 14.5. The van der Waals surface area contributed by atoms with Gasteiger partial charge in [-0.15, -0.1) is 11.3 Å². The molecule has 0 spiro atoms. The van der Waals surface area contributed by atoms with Crippen LogP contribution in [0.15, 0.2) is 6.07 Å². The lowest BCUT2D eigenvalue weighted by atomic mass is 9.99. The van der Waals surface area contributed by atoms with Gasteiger partial charge in [0.15, 0.2) is 0 Å². The topological polar surface area (TPSA) is 41.1 Å². The van der Waals surface area contributed by atoms with Crippen molar-refractivity contribution in [1.29, 1.82) is 0 Å². The molecule has 2 unspecified atom stereocenters. The fourth-order valence-corrected chi connectivity index (χ4v) is 3.87. The Balaban J connectivity index is 1.71. The van der Waals surface area contributed by atoms with Crippen LogP contribution in [0.3, 0.4) is 0 Å². The number of carbonyl (C=O) groups is 1. The van der Waals surface area contributed by atoms with E-state index in [-0.39, 0.29) is 5.91 Å². The van der Waals surface area contributed by atoms with Gasteiger partial charge in [0.25, 0.3) is 0 Å². The SMILES string of the molecule is Cc1cc(CCCC(=O)NC2CCCNC2C)c(C)s1. The highest BCUT2D eigenvalue weighted by atomic mass is 32.1. The van der Waals surface area contributed by atoms with E-state index in [9.17, 15) is 4.79 Å². The van der Waals surface area contributed by atoms with E-state index in [2.05, 4.69) is 37.5 Å². The maximum absolute atomic E-state index is 12.0. The summed E-state index contributed by atoms with van der Waals surface area (Å²) in [5.74, 6) is 0.204. The molecule has 2 rings (SSSR count). The van der Waals surface area contributed by atoms with Crippen LogP contribution in [0, 0.1) is 13.8 Å². The smallest absolute Gasteiger partial charge is 0.220 e. The quantitative estimate of drug-likeness (QED) is 0.876. The lowest BCUT2D eigenvalue weighted by molar-refractivity contribution is -0.122. The summed E-state index contributed by atoms with van der Waals surface area (Å²) >= 11 is 1.85. The summed E-state index contributed by atoms with van der Waals surface area (Å²) in [6, 6.07) is 2.96. The van der Waals surface area contributed by atoms with Crippen LogP contribution >= 0.6 is 11.3 Å². The van der Waals surface area contributed by atoms with Gasteiger partial charge in [0, 0.05) is 28.3 Å². The number of hydrogen-bond acceptors (Lipinski definition) is 3. The number of amides is 1. The Morgan fingerprint density at radius 3 is 2.95 bits per heavy atom. The van der Waals surface area contributed by atoms with Crippen LogP contribution in [0.2, 0.25) is 0 Å². The van der Waals surface area contributed by atoms with Crippen molar-refractivity contribution in [3.05, 3.63) is 21.4 Å². The van der Waals surface area contributed by atoms with Crippen molar-refractivity contribution in [3.63, 3.8) is 0 Å². The maximum Gasteiger partial charge on any atom is 0.220 e. The molecule has 2 atom stereocenters. The summed E-state index contributed by atoms with van der Waals surface area (Å²) in [4.78, 5) is 14.8. The molecule has 0 radical (unpaired) electrons. The standard InChI is InChI=1S/C16H26N2OS/c1-11-10-14(13(3)20-11)6-4-8-16(19)18-15-7-5-9-17-12(15)2/h10,12,15,17H,4-9H2,1-3H3,(H,18,19). The molecule has 1 amide bonds. The molecule has 0 bridgehead atoms. The minimum atomic E-state index is 0.204. The van der Waals surface area contributed by atoms with Gasteiger partial charge < -0.3 is 10.6 Å². The average Bonchev–Trinajstić information content (AvgIpc) is 2.71. The van der Waals surface area contributed by atoms with Crippen molar-refractivity contribution in [3.8, 4) is 0 Å². The van der Waals surface area contributed by atoms with Crippen LogP contribution in [-0.4, -0.2) is 24.5 Å². The highest BCUT2D eigenvalue weighted by molar-refractivity contribution is 7.12. The molecule has 0 saturated carbocycles. The third-order valence-electron chi connectivity index (χ3n) is 4.10. The van der Waals surface area contributed by atoms with Crippen molar-refractivity contribution in [2.75, 3.05) is 6.54 Å². The Labute approximate surface area is 126 Å². The Morgan fingerprint density at radius 1 is 1.50 bits per heavy atom. The number of piperidine rings is 1.